The highest BCUT2D eigenvalue weighted by atomic mass is 32.1. The molecule has 0 aliphatic carbocycles. The Morgan fingerprint density at radius 2 is 2.50 bits per heavy atom. The summed E-state index contributed by atoms with van der Waals surface area (Å²) in [6, 6.07) is 0.0816. The summed E-state index contributed by atoms with van der Waals surface area (Å²) < 4.78 is 4.94. The van der Waals surface area contributed by atoms with Gasteiger partial charge in [-0.2, -0.15) is 0 Å². The molecule has 2 N–H and O–H groups in total. The maximum absolute atomic E-state index is 5.55. The molecule has 0 radical (unpaired) electrons. The molecule has 1 aromatic rings. The predicted octanol–water partition coefficient (Wildman–Crippen LogP) is 1.51. The lowest BCUT2D eigenvalue weighted by molar-refractivity contribution is 0.412. The number of hydrogen-bond acceptors (Lipinski definition) is 4. The van der Waals surface area contributed by atoms with Crippen LogP contribution in [0.4, 0.5) is 0 Å². The molecule has 1 unspecified atom stereocenters. The van der Waals surface area contributed by atoms with Crippen molar-refractivity contribution in [2.45, 2.75) is 13.0 Å². The van der Waals surface area contributed by atoms with E-state index < -0.39 is 0 Å². The van der Waals surface area contributed by atoms with Gasteiger partial charge in [-0.1, -0.05) is 17.4 Å². The fraction of sp³-hybridized carbons (Fsp3) is 0.375. The van der Waals surface area contributed by atoms with E-state index in [9.17, 15) is 0 Å². The zero-order valence-electron chi connectivity index (χ0n) is 7.15. The summed E-state index contributed by atoms with van der Waals surface area (Å²) in [5, 5.41) is 0.680. The number of nitrogens with zero attached hydrogens (tertiary/aromatic N) is 1. The van der Waals surface area contributed by atoms with Crippen molar-refractivity contribution in [3.05, 3.63) is 17.2 Å². The van der Waals surface area contributed by atoms with Gasteiger partial charge in [0.2, 0.25) is 0 Å². The van der Waals surface area contributed by atoms with E-state index in [1.807, 2.05) is 19.1 Å². The van der Waals surface area contributed by atoms with Crippen LogP contribution >= 0.6 is 11.3 Å². The number of ether oxygens (including phenoxy) is 1. The molecule has 0 aliphatic heterocycles. The van der Waals surface area contributed by atoms with Crippen molar-refractivity contribution < 1.29 is 4.74 Å². The Bertz CT molecular complexity index is 268. The lowest BCUT2D eigenvalue weighted by Gasteiger charge is -1.91. The van der Waals surface area contributed by atoms with Crippen LogP contribution in [0.2, 0.25) is 0 Å². The summed E-state index contributed by atoms with van der Waals surface area (Å²) in [5.74, 6) is 0. The Hall–Kier alpha value is -0.870. The molecule has 1 heterocycles. The topological polar surface area (TPSA) is 48.1 Å². The number of aromatic nitrogens is 1. The normalized spacial score (nSPS) is 13.6. The fourth-order valence-corrected chi connectivity index (χ4v) is 1.33. The number of methoxy groups -OCH3 is 1. The molecule has 0 saturated carbocycles. The van der Waals surface area contributed by atoms with Crippen molar-refractivity contribution in [1.82, 2.24) is 4.98 Å². The van der Waals surface area contributed by atoms with Gasteiger partial charge in [0, 0.05) is 12.2 Å². The first kappa shape index (κ1) is 9.22. The van der Waals surface area contributed by atoms with Crippen LogP contribution in [0, 0.1) is 0 Å². The van der Waals surface area contributed by atoms with Crippen LogP contribution in [-0.4, -0.2) is 18.1 Å². The third-order valence-corrected chi connectivity index (χ3v) is 2.16. The minimum absolute atomic E-state index is 0.0816. The molecule has 0 spiro atoms. The molecular formula is C8H12N2OS. The van der Waals surface area contributed by atoms with Gasteiger partial charge in [-0.3, -0.25) is 0 Å². The Morgan fingerprint density at radius 1 is 1.75 bits per heavy atom. The van der Waals surface area contributed by atoms with E-state index in [-0.39, 0.29) is 6.04 Å². The second-order valence-electron chi connectivity index (χ2n) is 2.45. The first-order valence-corrected chi connectivity index (χ1v) is 4.47. The molecule has 0 amide bonds. The minimum atomic E-state index is 0.0816. The van der Waals surface area contributed by atoms with E-state index in [2.05, 4.69) is 4.98 Å². The van der Waals surface area contributed by atoms with Gasteiger partial charge in [-0.05, 0) is 13.0 Å². The van der Waals surface area contributed by atoms with E-state index in [1.165, 1.54) is 11.3 Å². The monoisotopic (exact) mass is 184 g/mol. The molecule has 1 atom stereocenters. The van der Waals surface area contributed by atoms with Crippen LogP contribution in [0.15, 0.2) is 12.3 Å². The summed E-state index contributed by atoms with van der Waals surface area (Å²) in [4.78, 5) is 5.08. The highest BCUT2D eigenvalue weighted by molar-refractivity contribution is 7.14. The molecule has 0 saturated heterocycles. The van der Waals surface area contributed by atoms with Gasteiger partial charge in [-0.15, -0.1) is 0 Å². The van der Waals surface area contributed by atoms with E-state index in [0.717, 1.165) is 4.88 Å². The average molecular weight is 184 g/mol. The fourth-order valence-electron chi connectivity index (χ4n) is 0.688. The zero-order valence-corrected chi connectivity index (χ0v) is 7.97. The van der Waals surface area contributed by atoms with E-state index in [1.54, 1.807) is 13.3 Å². The molecule has 66 valence electrons. The molecule has 0 fully saturated rings. The van der Waals surface area contributed by atoms with Gasteiger partial charge < -0.3 is 10.5 Å². The van der Waals surface area contributed by atoms with Crippen molar-refractivity contribution in [2.24, 2.45) is 5.73 Å². The first-order chi connectivity index (χ1) is 5.72. The Balaban J connectivity index is 2.63. The van der Waals surface area contributed by atoms with Gasteiger partial charge in [0.1, 0.15) is 0 Å². The third-order valence-electron chi connectivity index (χ3n) is 1.24. The molecule has 4 heteroatoms. The van der Waals surface area contributed by atoms with Crippen LogP contribution in [-0.2, 0) is 0 Å². The molecular weight excluding hydrogens is 172 g/mol. The van der Waals surface area contributed by atoms with Crippen LogP contribution < -0.4 is 10.5 Å². The van der Waals surface area contributed by atoms with Crippen molar-refractivity contribution in [3.8, 4) is 5.19 Å². The van der Waals surface area contributed by atoms with Crippen molar-refractivity contribution in [1.29, 1.82) is 0 Å². The van der Waals surface area contributed by atoms with Crippen LogP contribution in [0.1, 0.15) is 11.8 Å². The van der Waals surface area contributed by atoms with E-state index in [0.29, 0.717) is 5.19 Å². The highest BCUT2D eigenvalue weighted by Crippen LogP contribution is 2.20. The summed E-state index contributed by atoms with van der Waals surface area (Å²) >= 11 is 1.50. The van der Waals surface area contributed by atoms with Crippen LogP contribution in [0.5, 0.6) is 5.19 Å². The summed E-state index contributed by atoms with van der Waals surface area (Å²) in [5.41, 5.74) is 5.55. The second-order valence-corrected chi connectivity index (χ2v) is 3.48. The van der Waals surface area contributed by atoms with Crippen molar-refractivity contribution >= 4 is 17.4 Å². The Morgan fingerprint density at radius 3 is 3.00 bits per heavy atom. The van der Waals surface area contributed by atoms with E-state index in [4.69, 9.17) is 10.5 Å². The average Bonchev–Trinajstić information content (AvgIpc) is 2.48. The SMILES string of the molecule is COc1ncc(/C=C/C(C)N)s1. The van der Waals surface area contributed by atoms with Gasteiger partial charge in [0.15, 0.2) is 0 Å². The quantitative estimate of drug-likeness (QED) is 0.774. The Labute approximate surface area is 75.9 Å². The summed E-state index contributed by atoms with van der Waals surface area (Å²) in [6.45, 7) is 1.93. The molecule has 1 aromatic heterocycles. The zero-order chi connectivity index (χ0) is 8.97. The molecule has 0 bridgehead atoms. The number of nitrogens with two attached hydrogens (primary N) is 1. The minimum Gasteiger partial charge on any atom is -0.473 e. The van der Waals surface area contributed by atoms with Gasteiger partial charge in [-0.25, -0.2) is 4.98 Å². The van der Waals surface area contributed by atoms with Crippen molar-refractivity contribution in [2.75, 3.05) is 7.11 Å². The predicted molar refractivity (Wildman–Crippen MR) is 51.3 cm³/mol. The highest BCUT2D eigenvalue weighted by Gasteiger charge is 1.96. The van der Waals surface area contributed by atoms with Crippen LogP contribution in [0.25, 0.3) is 6.08 Å². The smallest absolute Gasteiger partial charge is 0.273 e. The lowest BCUT2D eigenvalue weighted by atomic mass is 10.3. The summed E-state index contributed by atoms with van der Waals surface area (Å²) in [6.07, 6.45) is 5.64. The molecule has 3 nitrogen and oxygen atoms in total. The first-order valence-electron chi connectivity index (χ1n) is 3.66. The summed E-state index contributed by atoms with van der Waals surface area (Å²) in [7, 11) is 1.61. The van der Waals surface area contributed by atoms with Gasteiger partial charge in [0.25, 0.3) is 5.19 Å². The van der Waals surface area contributed by atoms with Crippen LogP contribution in [0.3, 0.4) is 0 Å². The van der Waals surface area contributed by atoms with Gasteiger partial charge >= 0.3 is 0 Å². The van der Waals surface area contributed by atoms with Gasteiger partial charge in [0.05, 0.1) is 12.0 Å². The molecule has 0 aromatic carbocycles. The number of hydrogen-bond donors (Lipinski definition) is 1. The third kappa shape index (κ3) is 2.64. The standard InChI is InChI=1S/C8H12N2OS/c1-6(9)3-4-7-5-10-8(11-2)12-7/h3-6H,9H2,1-2H3/b4-3+. The maximum atomic E-state index is 5.55. The number of thiazole rings is 1. The molecule has 12 heavy (non-hydrogen) atoms. The number of rotatable bonds is 3. The molecule has 0 aliphatic rings. The molecule has 1 rings (SSSR count). The lowest BCUT2D eigenvalue weighted by Crippen LogP contribution is -2.09. The largest absolute Gasteiger partial charge is 0.473 e. The van der Waals surface area contributed by atoms with Crippen molar-refractivity contribution in [3.63, 3.8) is 0 Å². The van der Waals surface area contributed by atoms with E-state index >= 15 is 0 Å². The Kier molecular flexibility index (Phi) is 3.25. The maximum Gasteiger partial charge on any atom is 0.273 e. The second kappa shape index (κ2) is 4.23.